The van der Waals surface area contributed by atoms with E-state index in [1.165, 1.54) is 4.90 Å². The maximum absolute atomic E-state index is 11.9. The summed E-state index contributed by atoms with van der Waals surface area (Å²) in [5.74, 6) is -0.939. The highest BCUT2D eigenvalue weighted by Crippen LogP contribution is 2.34. The van der Waals surface area contributed by atoms with Gasteiger partial charge in [0.1, 0.15) is 0 Å². The predicted molar refractivity (Wildman–Crippen MR) is 83.4 cm³/mol. The minimum absolute atomic E-state index is 0.0907. The number of carbonyl (C=O) groups is 2. The fourth-order valence-corrected chi connectivity index (χ4v) is 3.69. The number of aliphatic carboxylic acids is 1. The van der Waals surface area contributed by atoms with Crippen LogP contribution in [-0.2, 0) is 4.79 Å². The summed E-state index contributed by atoms with van der Waals surface area (Å²) in [4.78, 5) is 23.6. The molecule has 0 bridgehead atoms. The summed E-state index contributed by atoms with van der Waals surface area (Å²) in [5, 5.41) is 11.3. The quantitative estimate of drug-likeness (QED) is 0.718. The molecule has 104 valence electrons. The number of carboxylic acid groups (broad SMARTS) is 1. The van der Waals surface area contributed by atoms with Crippen LogP contribution in [0.2, 0.25) is 0 Å². The van der Waals surface area contributed by atoms with Gasteiger partial charge in [0.2, 0.25) is 0 Å². The molecule has 19 heavy (non-hydrogen) atoms. The Hall–Kier alpha value is -0.600. The molecular formula is C11H11Br3N2O3. The van der Waals surface area contributed by atoms with E-state index >= 15 is 0 Å². The van der Waals surface area contributed by atoms with Crippen molar-refractivity contribution in [2.75, 3.05) is 18.9 Å². The zero-order valence-electron chi connectivity index (χ0n) is 9.91. The smallest absolute Gasteiger partial charge is 0.321 e. The molecule has 0 aliphatic heterocycles. The largest absolute Gasteiger partial charge is 0.481 e. The number of carboxylic acids is 1. The van der Waals surface area contributed by atoms with Crippen LogP contribution in [-0.4, -0.2) is 35.6 Å². The first kappa shape index (κ1) is 16.5. The van der Waals surface area contributed by atoms with Gasteiger partial charge in [-0.05, 0) is 44.0 Å². The molecule has 5 nitrogen and oxygen atoms in total. The fraction of sp³-hybridized carbons (Fsp3) is 0.273. The van der Waals surface area contributed by atoms with Gasteiger partial charge in [0.15, 0.2) is 0 Å². The molecule has 1 aromatic rings. The SMILES string of the molecule is CN(CCC(=O)O)C(=O)Nc1c(Br)cc(Br)cc1Br. The molecule has 0 aliphatic rings. The van der Waals surface area contributed by atoms with Gasteiger partial charge in [-0.3, -0.25) is 4.79 Å². The highest BCUT2D eigenvalue weighted by molar-refractivity contribution is 9.11. The number of urea groups is 1. The molecule has 8 heteroatoms. The van der Waals surface area contributed by atoms with E-state index in [0.717, 1.165) is 4.47 Å². The average Bonchev–Trinajstić information content (AvgIpc) is 2.30. The van der Waals surface area contributed by atoms with Crippen LogP contribution in [0.5, 0.6) is 0 Å². The van der Waals surface area contributed by atoms with Gasteiger partial charge >= 0.3 is 12.0 Å². The highest BCUT2D eigenvalue weighted by atomic mass is 79.9. The molecule has 0 aromatic heterocycles. The van der Waals surface area contributed by atoms with Gasteiger partial charge in [-0.2, -0.15) is 0 Å². The Labute approximate surface area is 135 Å². The van der Waals surface area contributed by atoms with Crippen LogP contribution in [0.4, 0.5) is 10.5 Å². The Kier molecular flexibility index (Phi) is 6.28. The van der Waals surface area contributed by atoms with Crippen LogP contribution < -0.4 is 5.32 Å². The third-order valence-electron chi connectivity index (χ3n) is 2.25. The first-order chi connectivity index (χ1) is 8.81. The van der Waals surface area contributed by atoms with Gasteiger partial charge in [-0.1, -0.05) is 15.9 Å². The maximum Gasteiger partial charge on any atom is 0.321 e. The number of carbonyl (C=O) groups excluding carboxylic acids is 1. The number of hydrogen-bond acceptors (Lipinski definition) is 2. The van der Waals surface area contributed by atoms with E-state index in [1.54, 1.807) is 19.2 Å². The normalized spacial score (nSPS) is 10.1. The molecule has 0 unspecified atom stereocenters. The molecule has 0 fully saturated rings. The summed E-state index contributed by atoms with van der Waals surface area (Å²) in [7, 11) is 1.54. The molecule has 0 radical (unpaired) electrons. The van der Waals surface area contributed by atoms with E-state index in [4.69, 9.17) is 5.11 Å². The Balaban J connectivity index is 2.74. The number of rotatable bonds is 4. The number of nitrogens with one attached hydrogen (secondary N) is 1. The first-order valence-corrected chi connectivity index (χ1v) is 7.57. The number of hydrogen-bond donors (Lipinski definition) is 2. The van der Waals surface area contributed by atoms with E-state index in [1.807, 2.05) is 0 Å². The maximum atomic E-state index is 11.9. The highest BCUT2D eigenvalue weighted by Gasteiger charge is 2.14. The first-order valence-electron chi connectivity index (χ1n) is 5.19. The Bertz CT molecular complexity index is 485. The number of anilines is 1. The van der Waals surface area contributed by atoms with Crippen LogP contribution >= 0.6 is 47.8 Å². The van der Waals surface area contributed by atoms with Gasteiger partial charge in [0, 0.05) is 27.0 Å². The molecule has 0 aliphatic carbocycles. The van der Waals surface area contributed by atoms with E-state index < -0.39 is 5.97 Å². The standard InChI is InChI=1S/C11H11Br3N2O3/c1-16(3-2-9(17)18)11(19)15-10-7(13)4-6(12)5-8(10)14/h4-5H,2-3H2,1H3,(H,15,19)(H,17,18). The molecule has 0 heterocycles. The minimum Gasteiger partial charge on any atom is -0.481 e. The zero-order chi connectivity index (χ0) is 14.6. The van der Waals surface area contributed by atoms with Crippen molar-refractivity contribution in [3.05, 3.63) is 25.6 Å². The summed E-state index contributed by atoms with van der Waals surface area (Å²) < 4.78 is 2.30. The van der Waals surface area contributed by atoms with Crippen LogP contribution in [0.15, 0.2) is 25.6 Å². The van der Waals surface area contributed by atoms with E-state index in [0.29, 0.717) is 14.6 Å². The van der Waals surface area contributed by atoms with Crippen LogP contribution in [0.1, 0.15) is 6.42 Å². The lowest BCUT2D eigenvalue weighted by Crippen LogP contribution is -2.33. The third-order valence-corrected chi connectivity index (χ3v) is 3.96. The van der Waals surface area contributed by atoms with Gasteiger partial charge in [-0.15, -0.1) is 0 Å². The van der Waals surface area contributed by atoms with Crippen molar-refractivity contribution in [2.45, 2.75) is 6.42 Å². The summed E-state index contributed by atoms with van der Waals surface area (Å²) in [6.45, 7) is 0.146. The molecule has 0 atom stereocenters. The lowest BCUT2D eigenvalue weighted by Gasteiger charge is -2.18. The van der Waals surface area contributed by atoms with E-state index in [-0.39, 0.29) is 19.0 Å². The van der Waals surface area contributed by atoms with E-state index in [9.17, 15) is 9.59 Å². The van der Waals surface area contributed by atoms with Gasteiger partial charge in [0.05, 0.1) is 12.1 Å². The summed E-state index contributed by atoms with van der Waals surface area (Å²) >= 11 is 10.0. The monoisotopic (exact) mass is 456 g/mol. The minimum atomic E-state index is -0.939. The van der Waals surface area contributed by atoms with Crippen molar-refractivity contribution in [3.63, 3.8) is 0 Å². The second-order valence-electron chi connectivity index (χ2n) is 3.74. The van der Waals surface area contributed by atoms with Gasteiger partial charge in [0.25, 0.3) is 0 Å². The van der Waals surface area contributed by atoms with Crippen molar-refractivity contribution in [2.24, 2.45) is 0 Å². The number of nitrogens with zero attached hydrogens (tertiary/aromatic N) is 1. The lowest BCUT2D eigenvalue weighted by atomic mass is 10.3. The molecule has 1 aromatic carbocycles. The van der Waals surface area contributed by atoms with Crippen LogP contribution in [0.25, 0.3) is 0 Å². The summed E-state index contributed by atoms with van der Waals surface area (Å²) in [6, 6.07) is 3.24. The number of halogens is 3. The van der Waals surface area contributed by atoms with Crippen molar-refractivity contribution in [1.29, 1.82) is 0 Å². The Morgan fingerprint density at radius 2 is 1.79 bits per heavy atom. The molecule has 0 spiro atoms. The van der Waals surface area contributed by atoms with E-state index in [2.05, 4.69) is 53.1 Å². The topological polar surface area (TPSA) is 69.6 Å². The van der Waals surface area contributed by atoms with Gasteiger partial charge in [-0.25, -0.2) is 4.79 Å². The summed E-state index contributed by atoms with van der Waals surface area (Å²) in [5.41, 5.74) is 0.593. The second-order valence-corrected chi connectivity index (χ2v) is 6.36. The second kappa shape index (κ2) is 7.25. The molecule has 2 N–H and O–H groups in total. The zero-order valence-corrected chi connectivity index (χ0v) is 14.7. The molecule has 0 saturated carbocycles. The van der Waals surface area contributed by atoms with Crippen LogP contribution in [0.3, 0.4) is 0 Å². The molecular weight excluding hydrogens is 448 g/mol. The van der Waals surface area contributed by atoms with Crippen molar-refractivity contribution < 1.29 is 14.7 Å². The lowest BCUT2D eigenvalue weighted by molar-refractivity contribution is -0.137. The predicted octanol–water partition coefficient (Wildman–Crippen LogP) is 3.91. The fourth-order valence-electron chi connectivity index (χ4n) is 1.23. The Morgan fingerprint density at radius 1 is 1.26 bits per heavy atom. The third kappa shape index (κ3) is 5.12. The van der Waals surface area contributed by atoms with Crippen molar-refractivity contribution >= 4 is 65.5 Å². The average molecular weight is 459 g/mol. The molecule has 2 amide bonds. The number of benzene rings is 1. The summed E-state index contributed by atoms with van der Waals surface area (Å²) in [6.07, 6.45) is -0.0907. The van der Waals surface area contributed by atoms with Gasteiger partial charge < -0.3 is 15.3 Å². The Morgan fingerprint density at radius 3 is 2.26 bits per heavy atom. The van der Waals surface area contributed by atoms with Crippen molar-refractivity contribution in [3.8, 4) is 0 Å². The van der Waals surface area contributed by atoms with Crippen molar-refractivity contribution in [1.82, 2.24) is 4.90 Å². The molecule has 0 saturated heterocycles. The van der Waals surface area contributed by atoms with Crippen LogP contribution in [0, 0.1) is 0 Å². The number of amides is 2. The molecule has 1 rings (SSSR count).